The number of hydrogen-bond acceptors (Lipinski definition) is 7. The molecule has 0 aromatic carbocycles. The number of aliphatic hydroxyl groups excluding tert-OH is 2. The molecule has 0 aromatic rings. The third-order valence-electron chi connectivity index (χ3n) is 11.2. The normalized spacial score (nSPS) is 43.7. The van der Waals surface area contributed by atoms with E-state index in [1.54, 1.807) is 0 Å². The number of ether oxygens (including phenoxy) is 2. The van der Waals surface area contributed by atoms with E-state index < -0.39 is 26.7 Å². The van der Waals surface area contributed by atoms with E-state index in [1.165, 1.54) is 0 Å². The molecule has 38 heavy (non-hydrogen) atoms. The number of carbonyl (C=O) groups excluding carboxylic acids is 1. The first-order valence-electron chi connectivity index (χ1n) is 14.5. The van der Waals surface area contributed by atoms with Crippen LogP contribution in [-0.2, 0) is 23.4 Å². The van der Waals surface area contributed by atoms with Gasteiger partial charge in [0.05, 0.1) is 24.4 Å². The van der Waals surface area contributed by atoms with Crippen molar-refractivity contribution < 1.29 is 43.4 Å². The number of phosphoric acid groups is 1. The van der Waals surface area contributed by atoms with Gasteiger partial charge in [-0.1, -0.05) is 20.8 Å². The first-order chi connectivity index (χ1) is 17.7. The zero-order chi connectivity index (χ0) is 28.0. The van der Waals surface area contributed by atoms with Gasteiger partial charge >= 0.3 is 13.8 Å². The molecule has 4 fully saturated rings. The molecule has 0 aromatic heterocycles. The molecule has 0 radical (unpaired) electrons. The van der Waals surface area contributed by atoms with E-state index in [9.17, 15) is 19.6 Å². The van der Waals surface area contributed by atoms with E-state index in [4.69, 9.17) is 19.3 Å². The van der Waals surface area contributed by atoms with Crippen molar-refractivity contribution in [2.24, 2.45) is 46.3 Å². The summed E-state index contributed by atoms with van der Waals surface area (Å²) in [6.07, 6.45) is 6.85. The van der Waals surface area contributed by atoms with Gasteiger partial charge in [-0.05, 0) is 112 Å². The fourth-order valence-corrected chi connectivity index (χ4v) is 9.59. The van der Waals surface area contributed by atoms with Gasteiger partial charge in [0.15, 0.2) is 0 Å². The molecule has 4 rings (SSSR count). The van der Waals surface area contributed by atoms with E-state index in [1.807, 2.05) is 0 Å². The highest BCUT2D eigenvalue weighted by molar-refractivity contribution is 7.46. The van der Waals surface area contributed by atoms with Crippen LogP contribution >= 0.6 is 7.82 Å². The lowest BCUT2D eigenvalue weighted by atomic mass is 9.43. The summed E-state index contributed by atoms with van der Waals surface area (Å²) >= 11 is 0. The van der Waals surface area contributed by atoms with Crippen LogP contribution in [0.2, 0.25) is 0 Å². The topological polar surface area (TPSA) is 143 Å². The van der Waals surface area contributed by atoms with E-state index in [0.29, 0.717) is 24.7 Å². The van der Waals surface area contributed by atoms with Crippen molar-refractivity contribution in [3.63, 3.8) is 0 Å². The molecule has 4 N–H and O–H groups in total. The smallest absolute Gasteiger partial charge is 0.438 e. The molecule has 220 valence electrons. The number of rotatable bonds is 9. The summed E-state index contributed by atoms with van der Waals surface area (Å²) in [6.45, 7) is 10.1. The lowest BCUT2D eigenvalue weighted by molar-refractivity contribution is -0.210. The Bertz CT molecular complexity index is 892. The van der Waals surface area contributed by atoms with Crippen LogP contribution in [-0.4, -0.2) is 57.2 Å². The second-order valence-electron chi connectivity index (χ2n) is 13.4. The second-order valence-corrected chi connectivity index (χ2v) is 14.7. The molecule has 0 saturated heterocycles. The second kappa shape index (κ2) is 11.4. The Morgan fingerprint density at radius 1 is 1.03 bits per heavy atom. The Morgan fingerprint density at radius 3 is 2.39 bits per heavy atom. The van der Waals surface area contributed by atoms with Crippen molar-refractivity contribution >= 4 is 13.8 Å². The van der Waals surface area contributed by atoms with Gasteiger partial charge in [-0.2, -0.15) is 0 Å². The van der Waals surface area contributed by atoms with Crippen LogP contribution in [0.3, 0.4) is 0 Å². The SMILES string of the molecule is CC(C)OC1CCC2(C)C(C1)CC(O)C1C2CC(O)C2(C)C(C(C)CCC(=O)OCOP(=O)(O)O)CCC12. The van der Waals surface area contributed by atoms with E-state index in [-0.39, 0.29) is 59.2 Å². The molecule has 4 aliphatic carbocycles. The molecule has 9 nitrogen and oxygen atoms in total. The van der Waals surface area contributed by atoms with Crippen molar-refractivity contribution in [2.45, 2.75) is 117 Å². The average molecular weight is 561 g/mol. The number of phosphoric ester groups is 1. The van der Waals surface area contributed by atoms with E-state index in [0.717, 1.165) is 38.5 Å². The largest absolute Gasteiger partial charge is 0.472 e. The van der Waals surface area contributed by atoms with Crippen LogP contribution in [0.25, 0.3) is 0 Å². The molecule has 10 heteroatoms. The lowest BCUT2D eigenvalue weighted by Crippen LogP contribution is -2.62. The number of carbonyl (C=O) groups is 1. The molecule has 0 bridgehead atoms. The predicted octanol–water partition coefficient (Wildman–Crippen LogP) is 4.41. The van der Waals surface area contributed by atoms with Gasteiger partial charge in [0, 0.05) is 6.42 Å². The number of aliphatic hydroxyl groups is 2. The zero-order valence-electron chi connectivity index (χ0n) is 23.6. The number of hydrogen-bond donors (Lipinski definition) is 4. The van der Waals surface area contributed by atoms with Gasteiger partial charge in [0.25, 0.3) is 0 Å². The van der Waals surface area contributed by atoms with Gasteiger partial charge in [-0.3, -0.25) is 4.79 Å². The standard InChI is InChI=1S/C28H49O9P/c1-16(2)37-19-10-11-27(4)18(12-19)13-23(29)26-21-8-7-20(28(21,5)24(30)14-22(26)27)17(3)6-9-25(31)35-15-36-38(32,33)34/h16-24,26,29-30H,6-15H2,1-5H3,(H2,32,33,34). The molecule has 0 aliphatic heterocycles. The van der Waals surface area contributed by atoms with Gasteiger partial charge in [0.2, 0.25) is 6.79 Å². The highest BCUT2D eigenvalue weighted by atomic mass is 31.2. The molecular weight excluding hydrogens is 511 g/mol. The maximum atomic E-state index is 12.1. The van der Waals surface area contributed by atoms with Crippen molar-refractivity contribution in [3.8, 4) is 0 Å². The maximum Gasteiger partial charge on any atom is 0.472 e. The van der Waals surface area contributed by atoms with Gasteiger partial charge < -0.3 is 29.5 Å². The summed E-state index contributed by atoms with van der Waals surface area (Å²) in [4.78, 5) is 29.6. The third-order valence-corrected chi connectivity index (χ3v) is 11.7. The minimum atomic E-state index is -4.68. The summed E-state index contributed by atoms with van der Waals surface area (Å²) in [5.41, 5.74) is -0.220. The summed E-state index contributed by atoms with van der Waals surface area (Å²) in [6, 6.07) is 0. The van der Waals surface area contributed by atoms with Crippen molar-refractivity contribution in [2.75, 3.05) is 6.79 Å². The first kappa shape index (κ1) is 30.4. The lowest BCUT2D eigenvalue weighted by Gasteiger charge is -2.63. The van der Waals surface area contributed by atoms with Crippen LogP contribution < -0.4 is 0 Å². The molecule has 4 saturated carbocycles. The van der Waals surface area contributed by atoms with E-state index in [2.05, 4.69) is 39.1 Å². The van der Waals surface area contributed by atoms with Gasteiger partial charge in [-0.25, -0.2) is 9.09 Å². The van der Waals surface area contributed by atoms with Crippen molar-refractivity contribution in [3.05, 3.63) is 0 Å². The fraction of sp³-hybridized carbons (Fsp3) is 0.964. The van der Waals surface area contributed by atoms with Crippen LogP contribution in [0.4, 0.5) is 0 Å². The Hall–Kier alpha value is -0.540. The summed E-state index contributed by atoms with van der Waals surface area (Å²) in [5.74, 6) is 0.929. The highest BCUT2D eigenvalue weighted by Gasteiger charge is 2.65. The Morgan fingerprint density at radius 2 is 1.74 bits per heavy atom. The van der Waals surface area contributed by atoms with Crippen LogP contribution in [0.1, 0.15) is 92.4 Å². The summed E-state index contributed by atoms with van der Waals surface area (Å²) in [7, 11) is -4.68. The van der Waals surface area contributed by atoms with Crippen LogP contribution in [0.15, 0.2) is 0 Å². The minimum Gasteiger partial charge on any atom is -0.438 e. The molecule has 0 amide bonds. The summed E-state index contributed by atoms with van der Waals surface area (Å²) < 4.78 is 25.9. The maximum absolute atomic E-state index is 12.1. The molecule has 0 spiro atoms. The Labute approximate surface area is 227 Å². The predicted molar refractivity (Wildman–Crippen MR) is 140 cm³/mol. The molecule has 11 unspecified atom stereocenters. The minimum absolute atomic E-state index is 0.103. The van der Waals surface area contributed by atoms with Crippen LogP contribution in [0.5, 0.6) is 0 Å². The monoisotopic (exact) mass is 560 g/mol. The first-order valence-corrected chi connectivity index (χ1v) is 16.1. The number of esters is 1. The average Bonchev–Trinajstić information content (AvgIpc) is 3.16. The molecule has 0 heterocycles. The van der Waals surface area contributed by atoms with Crippen molar-refractivity contribution in [1.82, 2.24) is 0 Å². The van der Waals surface area contributed by atoms with Crippen molar-refractivity contribution in [1.29, 1.82) is 0 Å². The quantitative estimate of drug-likeness (QED) is 0.183. The highest BCUT2D eigenvalue weighted by Crippen LogP contribution is 2.68. The zero-order valence-corrected chi connectivity index (χ0v) is 24.5. The Balaban J connectivity index is 1.42. The Kier molecular flexibility index (Phi) is 9.11. The molecule has 11 atom stereocenters. The fourth-order valence-electron chi connectivity index (χ4n) is 9.40. The molecular formula is C28H49O9P. The van der Waals surface area contributed by atoms with E-state index >= 15 is 0 Å². The molecule has 4 aliphatic rings. The van der Waals surface area contributed by atoms with Crippen LogP contribution in [0, 0.1) is 46.3 Å². The number of fused-ring (bicyclic) bond motifs is 5. The summed E-state index contributed by atoms with van der Waals surface area (Å²) in [5, 5.41) is 23.3. The van der Waals surface area contributed by atoms with Gasteiger partial charge in [0.1, 0.15) is 0 Å². The van der Waals surface area contributed by atoms with Gasteiger partial charge in [-0.15, -0.1) is 0 Å². The third kappa shape index (κ3) is 5.90.